The van der Waals surface area contributed by atoms with Gasteiger partial charge in [-0.1, -0.05) is 121 Å². The van der Waals surface area contributed by atoms with Crippen LogP contribution in [0.3, 0.4) is 0 Å². The van der Waals surface area contributed by atoms with Crippen LogP contribution in [0.25, 0.3) is 0 Å². The van der Waals surface area contributed by atoms with E-state index in [1.54, 1.807) is 0 Å². The van der Waals surface area contributed by atoms with Crippen molar-refractivity contribution in [3.63, 3.8) is 0 Å². The fourth-order valence-electron chi connectivity index (χ4n) is 3.38. The minimum atomic E-state index is -0.692. The largest absolute Gasteiger partial charge is 0.319 e. The van der Waals surface area contributed by atoms with Crippen molar-refractivity contribution in [3.05, 3.63) is 121 Å². The predicted molar refractivity (Wildman–Crippen MR) is 126 cm³/mol. The summed E-state index contributed by atoms with van der Waals surface area (Å²) in [4.78, 5) is 0. The molecule has 4 rings (SSSR count). The van der Waals surface area contributed by atoms with Crippen LogP contribution in [0.4, 0.5) is 0 Å². The van der Waals surface area contributed by atoms with Crippen molar-refractivity contribution in [1.82, 2.24) is 0 Å². The summed E-state index contributed by atoms with van der Waals surface area (Å²) in [5.41, 5.74) is 7.18. The molecule has 0 aliphatic carbocycles. The van der Waals surface area contributed by atoms with Crippen LogP contribution in [-0.4, -0.2) is 5.52 Å². The standard InChI is InChI=1S/C25H23NP2/c26-25(27(21-13-5-1-6-14-21)22-15-7-2-8-16-22)28(23-17-9-3-10-18-23)24-19-11-4-12-20-24/h1-20,25H,26H2. The van der Waals surface area contributed by atoms with E-state index in [-0.39, 0.29) is 5.52 Å². The number of rotatable bonds is 6. The molecule has 28 heavy (non-hydrogen) atoms. The van der Waals surface area contributed by atoms with E-state index >= 15 is 0 Å². The van der Waals surface area contributed by atoms with E-state index in [1.807, 2.05) is 0 Å². The van der Waals surface area contributed by atoms with E-state index in [4.69, 9.17) is 5.73 Å². The number of hydrogen-bond acceptors (Lipinski definition) is 1. The number of benzene rings is 4. The van der Waals surface area contributed by atoms with Gasteiger partial charge >= 0.3 is 0 Å². The molecule has 0 atom stereocenters. The normalized spacial score (nSPS) is 11.3. The second-order valence-electron chi connectivity index (χ2n) is 6.50. The minimum absolute atomic E-state index is 0.0274. The first-order valence-corrected chi connectivity index (χ1v) is 12.2. The fraction of sp³-hybridized carbons (Fsp3) is 0.0400. The summed E-state index contributed by atoms with van der Waals surface area (Å²) >= 11 is 0. The number of hydrogen-bond donors (Lipinski definition) is 1. The van der Waals surface area contributed by atoms with Gasteiger partial charge < -0.3 is 5.73 Å². The molecule has 0 aromatic heterocycles. The van der Waals surface area contributed by atoms with Gasteiger partial charge in [0.25, 0.3) is 0 Å². The van der Waals surface area contributed by atoms with Gasteiger partial charge in [0, 0.05) is 0 Å². The summed E-state index contributed by atoms with van der Waals surface area (Å²) < 4.78 is 0. The summed E-state index contributed by atoms with van der Waals surface area (Å²) in [5, 5.41) is 5.32. The van der Waals surface area contributed by atoms with Crippen molar-refractivity contribution in [2.75, 3.05) is 0 Å². The maximum atomic E-state index is 7.15. The van der Waals surface area contributed by atoms with Crippen molar-refractivity contribution in [3.8, 4) is 0 Å². The highest BCUT2D eigenvalue weighted by Gasteiger charge is 2.30. The molecule has 3 heteroatoms. The van der Waals surface area contributed by atoms with Gasteiger partial charge in [0.2, 0.25) is 0 Å². The lowest BCUT2D eigenvalue weighted by Gasteiger charge is -2.33. The van der Waals surface area contributed by atoms with E-state index < -0.39 is 15.8 Å². The highest BCUT2D eigenvalue weighted by molar-refractivity contribution is 7.89. The Morgan fingerprint density at radius 2 is 0.607 bits per heavy atom. The summed E-state index contributed by atoms with van der Waals surface area (Å²) in [5.74, 6) is 0. The van der Waals surface area contributed by atoms with Gasteiger partial charge in [-0.15, -0.1) is 0 Å². The molecule has 0 fully saturated rings. The Morgan fingerprint density at radius 1 is 0.393 bits per heavy atom. The molecule has 0 aliphatic rings. The topological polar surface area (TPSA) is 26.0 Å². The van der Waals surface area contributed by atoms with Crippen molar-refractivity contribution in [1.29, 1.82) is 0 Å². The van der Waals surface area contributed by atoms with Crippen LogP contribution in [0.5, 0.6) is 0 Å². The maximum Gasteiger partial charge on any atom is 0.0609 e. The van der Waals surface area contributed by atoms with E-state index in [1.165, 1.54) is 21.2 Å². The Hall–Kier alpha value is -2.30. The average Bonchev–Trinajstić information content (AvgIpc) is 2.77. The smallest absolute Gasteiger partial charge is 0.0609 e. The first-order valence-electron chi connectivity index (χ1n) is 9.39. The lowest BCUT2D eigenvalue weighted by atomic mass is 10.4. The molecule has 0 bridgehead atoms. The van der Waals surface area contributed by atoms with Crippen LogP contribution in [0.15, 0.2) is 121 Å². The SMILES string of the molecule is NC(P(c1ccccc1)c1ccccc1)P(c1ccccc1)c1ccccc1. The molecule has 138 valence electrons. The predicted octanol–water partition coefficient (Wildman–Crippen LogP) is 4.49. The third-order valence-electron chi connectivity index (χ3n) is 4.67. The molecule has 1 nitrogen and oxygen atoms in total. The van der Waals surface area contributed by atoms with Crippen LogP contribution in [-0.2, 0) is 0 Å². The molecule has 4 aromatic carbocycles. The van der Waals surface area contributed by atoms with Crippen LogP contribution in [0.2, 0.25) is 0 Å². The summed E-state index contributed by atoms with van der Waals surface area (Å²) in [6, 6.07) is 43.0. The zero-order chi connectivity index (χ0) is 19.2. The average molecular weight is 399 g/mol. The maximum absolute atomic E-state index is 7.15. The minimum Gasteiger partial charge on any atom is -0.319 e. The quantitative estimate of drug-likeness (QED) is 0.475. The van der Waals surface area contributed by atoms with Crippen molar-refractivity contribution in [2.24, 2.45) is 5.73 Å². The Balaban J connectivity index is 1.84. The monoisotopic (exact) mass is 399 g/mol. The first-order chi connectivity index (χ1) is 13.8. The fourth-order valence-corrected chi connectivity index (χ4v) is 9.69. The van der Waals surface area contributed by atoms with Gasteiger partial charge in [-0.05, 0) is 37.1 Å². The molecule has 0 amide bonds. The molecular weight excluding hydrogens is 376 g/mol. The summed E-state index contributed by atoms with van der Waals surface area (Å²) in [7, 11) is -1.38. The van der Waals surface area contributed by atoms with E-state index in [0.717, 1.165) is 0 Å². The van der Waals surface area contributed by atoms with Crippen LogP contribution in [0, 0.1) is 0 Å². The molecule has 4 aromatic rings. The summed E-state index contributed by atoms with van der Waals surface area (Å²) in [6.45, 7) is 0. The molecular formula is C25H23NP2. The Labute approximate surface area is 169 Å². The van der Waals surface area contributed by atoms with Crippen molar-refractivity contribution < 1.29 is 0 Å². The molecule has 0 saturated heterocycles. The van der Waals surface area contributed by atoms with Gasteiger partial charge in [-0.2, -0.15) is 0 Å². The zero-order valence-electron chi connectivity index (χ0n) is 15.6. The van der Waals surface area contributed by atoms with Crippen LogP contribution < -0.4 is 27.0 Å². The highest BCUT2D eigenvalue weighted by Crippen LogP contribution is 2.53. The van der Waals surface area contributed by atoms with Gasteiger partial charge in [-0.25, -0.2) is 0 Å². The van der Waals surface area contributed by atoms with Crippen LogP contribution >= 0.6 is 15.8 Å². The van der Waals surface area contributed by atoms with Gasteiger partial charge in [0.1, 0.15) is 0 Å². The molecule has 0 aliphatic heterocycles. The molecule has 0 heterocycles. The lowest BCUT2D eigenvalue weighted by molar-refractivity contribution is 1.28. The number of nitrogens with two attached hydrogens (primary N) is 1. The summed E-state index contributed by atoms with van der Waals surface area (Å²) in [6.07, 6.45) is 0. The Bertz CT molecular complexity index is 814. The van der Waals surface area contributed by atoms with E-state index in [9.17, 15) is 0 Å². The van der Waals surface area contributed by atoms with Crippen LogP contribution in [0.1, 0.15) is 0 Å². The van der Waals surface area contributed by atoms with Gasteiger partial charge in [0.15, 0.2) is 0 Å². The third-order valence-corrected chi connectivity index (χ3v) is 10.5. The first kappa shape index (κ1) is 19.0. The van der Waals surface area contributed by atoms with E-state index in [2.05, 4.69) is 121 Å². The van der Waals surface area contributed by atoms with Gasteiger partial charge in [-0.3, -0.25) is 0 Å². The molecule has 2 N–H and O–H groups in total. The molecule has 0 saturated carbocycles. The highest BCUT2D eigenvalue weighted by atomic mass is 31.2. The second-order valence-corrected chi connectivity index (χ2v) is 11.6. The van der Waals surface area contributed by atoms with E-state index in [0.29, 0.717) is 0 Å². The van der Waals surface area contributed by atoms with Gasteiger partial charge in [0.05, 0.1) is 5.52 Å². The zero-order valence-corrected chi connectivity index (χ0v) is 17.4. The molecule has 0 radical (unpaired) electrons. The Kier molecular flexibility index (Phi) is 6.30. The second kappa shape index (κ2) is 9.26. The Morgan fingerprint density at radius 3 is 0.821 bits per heavy atom. The third kappa shape index (κ3) is 4.23. The molecule has 0 spiro atoms. The lowest BCUT2D eigenvalue weighted by Crippen LogP contribution is -2.33. The van der Waals surface area contributed by atoms with Crippen molar-refractivity contribution >= 4 is 37.1 Å². The molecule has 0 unspecified atom stereocenters. The van der Waals surface area contributed by atoms with Crippen molar-refractivity contribution in [2.45, 2.75) is 5.52 Å².